The van der Waals surface area contributed by atoms with Crippen LogP contribution in [0.4, 0.5) is 5.82 Å². The summed E-state index contributed by atoms with van der Waals surface area (Å²) in [6.07, 6.45) is 4.32. The highest BCUT2D eigenvalue weighted by atomic mass is 16.6. The van der Waals surface area contributed by atoms with Gasteiger partial charge < -0.3 is 14.8 Å². The van der Waals surface area contributed by atoms with Crippen LogP contribution < -0.4 is 5.32 Å². The Morgan fingerprint density at radius 3 is 2.52 bits per heavy atom. The molecule has 0 amide bonds. The third-order valence-electron chi connectivity index (χ3n) is 2.38. The van der Waals surface area contributed by atoms with Crippen molar-refractivity contribution in [2.45, 2.75) is 26.4 Å². The van der Waals surface area contributed by atoms with Gasteiger partial charge in [0.2, 0.25) is 0 Å². The summed E-state index contributed by atoms with van der Waals surface area (Å²) in [5, 5.41) is 2.84. The van der Waals surface area contributed by atoms with Crippen LogP contribution >= 0.6 is 0 Å². The molecule has 0 fully saturated rings. The number of carbonyl (C=O) groups is 2. The monoisotopic (exact) mass is 292 g/mol. The zero-order valence-electron chi connectivity index (χ0n) is 12.9. The van der Waals surface area contributed by atoms with Gasteiger partial charge in [0.1, 0.15) is 17.0 Å². The van der Waals surface area contributed by atoms with E-state index in [0.29, 0.717) is 16.9 Å². The maximum absolute atomic E-state index is 12.2. The zero-order valence-corrected chi connectivity index (χ0v) is 12.9. The van der Waals surface area contributed by atoms with E-state index >= 15 is 0 Å². The van der Waals surface area contributed by atoms with Crippen molar-refractivity contribution in [1.29, 1.82) is 0 Å². The molecule has 6 nitrogen and oxygen atoms in total. The van der Waals surface area contributed by atoms with Crippen molar-refractivity contribution in [1.82, 2.24) is 4.98 Å². The predicted molar refractivity (Wildman–Crippen MR) is 80.0 cm³/mol. The molecule has 0 aliphatic rings. The van der Waals surface area contributed by atoms with Crippen molar-refractivity contribution in [3.05, 3.63) is 29.5 Å². The molecule has 1 N–H and O–H groups in total. The van der Waals surface area contributed by atoms with Crippen molar-refractivity contribution < 1.29 is 19.1 Å². The average Bonchev–Trinajstić information content (AvgIpc) is 2.42. The summed E-state index contributed by atoms with van der Waals surface area (Å²) < 4.78 is 9.84. The smallest absolute Gasteiger partial charge is 0.342 e. The van der Waals surface area contributed by atoms with Crippen LogP contribution in [0.15, 0.2) is 18.3 Å². The standard InChI is InChI=1S/C15H20N2O4/c1-15(2,3)21-14(19)11-8-10(6-7-12(18)20-5)9-17-13(11)16-4/h6-9H,1-5H3,(H,16,17). The van der Waals surface area contributed by atoms with Gasteiger partial charge >= 0.3 is 11.9 Å². The molecule has 0 spiro atoms. The Bertz CT molecular complexity index is 559. The molecule has 0 saturated heterocycles. The van der Waals surface area contributed by atoms with Gasteiger partial charge in [-0.15, -0.1) is 0 Å². The highest BCUT2D eigenvalue weighted by Crippen LogP contribution is 2.19. The van der Waals surface area contributed by atoms with E-state index in [0.717, 1.165) is 0 Å². The van der Waals surface area contributed by atoms with E-state index in [-0.39, 0.29) is 0 Å². The maximum Gasteiger partial charge on any atom is 0.342 e. The first-order valence-corrected chi connectivity index (χ1v) is 6.44. The first-order valence-electron chi connectivity index (χ1n) is 6.44. The van der Waals surface area contributed by atoms with Crippen molar-refractivity contribution >= 4 is 23.8 Å². The van der Waals surface area contributed by atoms with Crippen molar-refractivity contribution in [3.8, 4) is 0 Å². The van der Waals surface area contributed by atoms with E-state index in [1.807, 2.05) is 0 Å². The second-order valence-corrected chi connectivity index (χ2v) is 5.27. The third-order valence-corrected chi connectivity index (χ3v) is 2.38. The lowest BCUT2D eigenvalue weighted by molar-refractivity contribution is -0.134. The first kappa shape index (κ1) is 16.7. The normalized spacial score (nSPS) is 11.3. The molecule has 0 aliphatic heterocycles. The number of ether oxygens (including phenoxy) is 2. The number of rotatable bonds is 4. The van der Waals surface area contributed by atoms with Gasteiger partial charge in [-0.1, -0.05) is 0 Å². The summed E-state index contributed by atoms with van der Waals surface area (Å²) in [4.78, 5) is 27.4. The van der Waals surface area contributed by atoms with Crippen LogP contribution in [-0.2, 0) is 14.3 Å². The Labute approximate surface area is 124 Å². The molecule has 1 aromatic heterocycles. The Morgan fingerprint density at radius 1 is 1.33 bits per heavy atom. The second-order valence-electron chi connectivity index (χ2n) is 5.27. The highest BCUT2D eigenvalue weighted by Gasteiger charge is 2.21. The zero-order chi connectivity index (χ0) is 16.0. The number of aromatic nitrogens is 1. The number of nitrogens with zero attached hydrogens (tertiary/aromatic N) is 1. The summed E-state index contributed by atoms with van der Waals surface area (Å²) in [7, 11) is 2.96. The molecule has 0 aliphatic carbocycles. The van der Waals surface area contributed by atoms with Gasteiger partial charge in [0.25, 0.3) is 0 Å². The summed E-state index contributed by atoms with van der Waals surface area (Å²) in [6.45, 7) is 5.37. The minimum atomic E-state index is -0.597. The fraction of sp³-hybridized carbons (Fsp3) is 0.400. The summed E-state index contributed by atoms with van der Waals surface area (Å²) in [5.41, 5.74) is 0.305. The Kier molecular flexibility index (Phi) is 5.46. The van der Waals surface area contributed by atoms with E-state index in [1.54, 1.807) is 40.1 Å². The van der Waals surface area contributed by atoms with Gasteiger partial charge in [0, 0.05) is 19.3 Å². The number of anilines is 1. The Morgan fingerprint density at radius 2 is 2.00 bits per heavy atom. The van der Waals surface area contributed by atoms with Crippen LogP contribution in [0.3, 0.4) is 0 Å². The van der Waals surface area contributed by atoms with Crippen LogP contribution in [-0.4, -0.2) is 36.7 Å². The number of methoxy groups -OCH3 is 1. The topological polar surface area (TPSA) is 77.5 Å². The van der Waals surface area contributed by atoms with Crippen LogP contribution in [0.1, 0.15) is 36.7 Å². The van der Waals surface area contributed by atoms with Gasteiger partial charge in [-0.2, -0.15) is 0 Å². The molecule has 114 valence electrons. The Balaban J connectivity index is 3.09. The minimum absolute atomic E-state index is 0.305. The third kappa shape index (κ3) is 5.25. The lowest BCUT2D eigenvalue weighted by Gasteiger charge is -2.20. The molecule has 0 unspecified atom stereocenters. The fourth-order valence-corrected chi connectivity index (χ4v) is 1.49. The number of hydrogen-bond acceptors (Lipinski definition) is 6. The van der Waals surface area contributed by atoms with E-state index in [9.17, 15) is 9.59 Å². The molecule has 21 heavy (non-hydrogen) atoms. The maximum atomic E-state index is 12.2. The van der Waals surface area contributed by atoms with Gasteiger partial charge in [0.15, 0.2) is 0 Å². The minimum Gasteiger partial charge on any atom is -0.466 e. The van der Waals surface area contributed by atoms with Gasteiger partial charge in [-0.25, -0.2) is 14.6 Å². The van der Waals surface area contributed by atoms with E-state index < -0.39 is 17.5 Å². The number of nitrogens with one attached hydrogen (secondary N) is 1. The second kappa shape index (κ2) is 6.88. The highest BCUT2D eigenvalue weighted by molar-refractivity contribution is 5.96. The molecular weight excluding hydrogens is 272 g/mol. The number of hydrogen-bond donors (Lipinski definition) is 1. The van der Waals surface area contributed by atoms with Crippen LogP contribution in [0, 0.1) is 0 Å². The molecule has 0 aromatic carbocycles. The first-order chi connectivity index (χ1) is 9.76. The van der Waals surface area contributed by atoms with Crippen LogP contribution in [0.5, 0.6) is 0 Å². The van der Waals surface area contributed by atoms with Crippen LogP contribution in [0.2, 0.25) is 0 Å². The SMILES string of the molecule is CNc1ncc(C=CC(=O)OC)cc1C(=O)OC(C)(C)C. The van der Waals surface area contributed by atoms with Gasteiger partial charge in [-0.3, -0.25) is 0 Å². The van der Waals surface area contributed by atoms with E-state index in [4.69, 9.17) is 4.74 Å². The predicted octanol–water partition coefficient (Wildman–Crippen LogP) is 2.26. The van der Waals surface area contributed by atoms with Crippen LogP contribution in [0.25, 0.3) is 6.08 Å². The molecule has 1 heterocycles. The fourth-order valence-electron chi connectivity index (χ4n) is 1.49. The number of pyridine rings is 1. The van der Waals surface area contributed by atoms with Crippen molar-refractivity contribution in [2.75, 3.05) is 19.5 Å². The van der Waals surface area contributed by atoms with Crippen molar-refractivity contribution in [3.63, 3.8) is 0 Å². The quantitative estimate of drug-likeness (QED) is 0.677. The average molecular weight is 292 g/mol. The van der Waals surface area contributed by atoms with E-state index in [2.05, 4.69) is 15.0 Å². The summed E-state index contributed by atoms with van der Waals surface area (Å²) in [5.74, 6) is -0.543. The molecule has 0 saturated carbocycles. The molecule has 0 atom stereocenters. The number of carbonyl (C=O) groups excluding carboxylic acids is 2. The van der Waals surface area contributed by atoms with Crippen molar-refractivity contribution in [2.24, 2.45) is 0 Å². The summed E-state index contributed by atoms with van der Waals surface area (Å²) >= 11 is 0. The van der Waals surface area contributed by atoms with E-state index in [1.165, 1.54) is 19.3 Å². The number of esters is 2. The molecule has 1 aromatic rings. The molecular formula is C15H20N2O4. The largest absolute Gasteiger partial charge is 0.466 e. The summed E-state index contributed by atoms with van der Waals surface area (Å²) in [6, 6.07) is 1.60. The lowest BCUT2D eigenvalue weighted by Crippen LogP contribution is -2.24. The van der Waals surface area contributed by atoms with Gasteiger partial charge in [-0.05, 0) is 38.5 Å². The lowest BCUT2D eigenvalue weighted by atomic mass is 10.1. The molecule has 0 radical (unpaired) electrons. The van der Waals surface area contributed by atoms with Gasteiger partial charge in [0.05, 0.1) is 7.11 Å². The molecule has 0 bridgehead atoms. The molecule has 6 heteroatoms. The Hall–Kier alpha value is -2.37. The molecule has 1 rings (SSSR count).